The molecule has 0 saturated heterocycles. The van der Waals surface area contributed by atoms with Gasteiger partial charge in [0.15, 0.2) is 0 Å². The van der Waals surface area contributed by atoms with Gasteiger partial charge in [0, 0.05) is 18.1 Å². The first-order valence-electron chi connectivity index (χ1n) is 13.3. The van der Waals surface area contributed by atoms with Gasteiger partial charge in [-0.15, -0.1) is 0 Å². The highest BCUT2D eigenvalue weighted by atomic mass is 15.0. The molecule has 1 heterocycles. The molecule has 2 aromatic rings. The number of hydrogen-bond donors (Lipinski definition) is 0. The van der Waals surface area contributed by atoms with Gasteiger partial charge in [0.2, 0.25) is 0 Å². The summed E-state index contributed by atoms with van der Waals surface area (Å²) in [6.45, 7) is 7.04. The average molecular weight is 425 g/mol. The van der Waals surface area contributed by atoms with Crippen molar-refractivity contribution in [1.82, 2.24) is 9.55 Å². The highest BCUT2D eigenvalue weighted by molar-refractivity contribution is 5.43. The lowest BCUT2D eigenvalue weighted by molar-refractivity contribution is 0.439. The zero-order chi connectivity index (χ0) is 22.2. The quantitative estimate of drug-likeness (QED) is 0.218. The maximum atomic E-state index is 4.25. The third-order valence-electron chi connectivity index (χ3n) is 6.79. The molecule has 0 aliphatic rings. The molecule has 0 N–H and O–H groups in total. The molecule has 0 fully saturated rings. The summed E-state index contributed by atoms with van der Waals surface area (Å²) in [6, 6.07) is 8.89. The molecule has 0 aliphatic heterocycles. The maximum absolute atomic E-state index is 4.25. The Bertz CT molecular complexity index is 659. The largest absolute Gasteiger partial charge is 0.306 e. The van der Waals surface area contributed by atoms with Crippen LogP contribution in [0.25, 0.3) is 5.69 Å². The van der Waals surface area contributed by atoms with Crippen LogP contribution in [-0.2, 0) is 0 Å². The lowest BCUT2D eigenvalue weighted by atomic mass is 9.83. The van der Waals surface area contributed by atoms with Crippen molar-refractivity contribution in [1.29, 1.82) is 0 Å². The molecule has 1 atom stereocenters. The van der Waals surface area contributed by atoms with E-state index in [9.17, 15) is 0 Å². The molecule has 0 amide bonds. The van der Waals surface area contributed by atoms with E-state index in [0.717, 1.165) is 0 Å². The van der Waals surface area contributed by atoms with Crippen LogP contribution in [0.1, 0.15) is 129 Å². The van der Waals surface area contributed by atoms with Crippen molar-refractivity contribution >= 4 is 0 Å². The van der Waals surface area contributed by atoms with Gasteiger partial charge in [-0.2, -0.15) is 0 Å². The molecule has 2 nitrogen and oxygen atoms in total. The van der Waals surface area contributed by atoms with Crippen molar-refractivity contribution in [2.24, 2.45) is 5.92 Å². The molecule has 2 rings (SSSR count). The second-order valence-corrected chi connectivity index (χ2v) is 9.76. The second-order valence-electron chi connectivity index (χ2n) is 9.76. The molecule has 0 spiro atoms. The summed E-state index contributed by atoms with van der Waals surface area (Å²) >= 11 is 0. The van der Waals surface area contributed by atoms with Crippen LogP contribution in [0.5, 0.6) is 0 Å². The Kier molecular flexibility index (Phi) is 13.4. The Morgan fingerprint density at radius 3 is 1.81 bits per heavy atom. The van der Waals surface area contributed by atoms with Crippen LogP contribution in [-0.4, -0.2) is 9.55 Å². The van der Waals surface area contributed by atoms with E-state index in [1.807, 2.05) is 12.5 Å². The third-order valence-corrected chi connectivity index (χ3v) is 6.79. The number of imidazole rings is 1. The first-order chi connectivity index (χ1) is 15.2. The number of para-hydroxylation sites is 1. The lowest BCUT2D eigenvalue weighted by Gasteiger charge is -2.24. The van der Waals surface area contributed by atoms with Crippen LogP contribution in [0, 0.1) is 5.92 Å². The van der Waals surface area contributed by atoms with E-state index in [4.69, 9.17) is 0 Å². The summed E-state index contributed by atoms with van der Waals surface area (Å²) in [5.74, 6) is 1.28. The van der Waals surface area contributed by atoms with Gasteiger partial charge < -0.3 is 4.57 Å². The van der Waals surface area contributed by atoms with E-state index in [0.29, 0.717) is 11.8 Å². The smallest absolute Gasteiger partial charge is 0.0991 e. The molecular weight excluding hydrogens is 376 g/mol. The molecule has 0 aliphatic carbocycles. The van der Waals surface area contributed by atoms with Gasteiger partial charge in [0.05, 0.1) is 6.33 Å². The minimum atomic E-state index is 0.621. The molecule has 1 aromatic carbocycles. The fourth-order valence-corrected chi connectivity index (χ4v) is 4.84. The summed E-state index contributed by atoms with van der Waals surface area (Å²) in [7, 11) is 0. The molecule has 0 radical (unpaired) electrons. The van der Waals surface area contributed by atoms with Crippen molar-refractivity contribution in [2.75, 3.05) is 0 Å². The van der Waals surface area contributed by atoms with Crippen LogP contribution < -0.4 is 0 Å². The fraction of sp³-hybridized carbons (Fsp3) is 0.690. The highest BCUT2D eigenvalue weighted by Crippen LogP contribution is 2.34. The van der Waals surface area contributed by atoms with E-state index in [1.54, 1.807) is 0 Å². The molecule has 31 heavy (non-hydrogen) atoms. The van der Waals surface area contributed by atoms with Crippen molar-refractivity contribution in [3.8, 4) is 5.69 Å². The minimum absolute atomic E-state index is 0.621. The number of rotatable bonds is 18. The predicted molar refractivity (Wildman–Crippen MR) is 136 cm³/mol. The predicted octanol–water partition coefficient (Wildman–Crippen LogP) is 9.48. The molecule has 0 bridgehead atoms. The molecule has 0 unspecified atom stereocenters. The van der Waals surface area contributed by atoms with E-state index < -0.39 is 0 Å². The first-order valence-corrected chi connectivity index (χ1v) is 13.3. The SMILES string of the molecule is CCCCCCCCCCCCCCCC[C@H](c1ccccc1-n1ccnc1)C(C)C. The number of benzene rings is 1. The molecule has 2 heteroatoms. The van der Waals surface area contributed by atoms with Crippen LogP contribution >= 0.6 is 0 Å². The third kappa shape index (κ3) is 10.1. The monoisotopic (exact) mass is 424 g/mol. The van der Waals surface area contributed by atoms with E-state index >= 15 is 0 Å². The Morgan fingerprint density at radius 1 is 0.742 bits per heavy atom. The first kappa shape index (κ1) is 25.7. The van der Waals surface area contributed by atoms with Gasteiger partial charge in [-0.1, -0.05) is 129 Å². The van der Waals surface area contributed by atoms with Crippen LogP contribution in [0.15, 0.2) is 43.0 Å². The average Bonchev–Trinajstić information content (AvgIpc) is 3.31. The van der Waals surface area contributed by atoms with Crippen molar-refractivity contribution in [3.63, 3.8) is 0 Å². The molecule has 174 valence electrons. The second kappa shape index (κ2) is 16.1. The Balaban J connectivity index is 1.59. The van der Waals surface area contributed by atoms with E-state index in [-0.39, 0.29) is 0 Å². The summed E-state index contributed by atoms with van der Waals surface area (Å²) < 4.78 is 2.16. The van der Waals surface area contributed by atoms with Crippen LogP contribution in [0.3, 0.4) is 0 Å². The fourth-order valence-electron chi connectivity index (χ4n) is 4.84. The molecular formula is C29H48N2. The van der Waals surface area contributed by atoms with Gasteiger partial charge in [-0.3, -0.25) is 0 Å². The van der Waals surface area contributed by atoms with Gasteiger partial charge in [0.25, 0.3) is 0 Å². The lowest BCUT2D eigenvalue weighted by Crippen LogP contribution is -2.10. The molecule has 0 saturated carbocycles. The zero-order valence-corrected chi connectivity index (χ0v) is 20.7. The maximum Gasteiger partial charge on any atom is 0.0991 e. The van der Waals surface area contributed by atoms with Gasteiger partial charge in [-0.05, 0) is 29.9 Å². The van der Waals surface area contributed by atoms with Crippen molar-refractivity contribution in [3.05, 3.63) is 48.5 Å². The summed E-state index contributed by atoms with van der Waals surface area (Å²) in [6.07, 6.45) is 27.1. The Hall–Kier alpha value is -1.57. The van der Waals surface area contributed by atoms with E-state index in [2.05, 4.69) is 60.8 Å². The Labute approximate surface area is 192 Å². The van der Waals surface area contributed by atoms with Crippen LogP contribution in [0.4, 0.5) is 0 Å². The highest BCUT2D eigenvalue weighted by Gasteiger charge is 2.19. The van der Waals surface area contributed by atoms with Crippen LogP contribution in [0.2, 0.25) is 0 Å². The zero-order valence-electron chi connectivity index (χ0n) is 20.7. The number of hydrogen-bond acceptors (Lipinski definition) is 1. The Morgan fingerprint density at radius 2 is 1.29 bits per heavy atom. The minimum Gasteiger partial charge on any atom is -0.306 e. The van der Waals surface area contributed by atoms with Gasteiger partial charge in [-0.25, -0.2) is 4.98 Å². The number of nitrogens with zero attached hydrogens (tertiary/aromatic N) is 2. The van der Waals surface area contributed by atoms with E-state index in [1.165, 1.54) is 108 Å². The summed E-state index contributed by atoms with van der Waals surface area (Å²) in [4.78, 5) is 4.25. The molecule has 1 aromatic heterocycles. The summed E-state index contributed by atoms with van der Waals surface area (Å²) in [5.41, 5.74) is 2.77. The number of aromatic nitrogens is 2. The van der Waals surface area contributed by atoms with Crippen molar-refractivity contribution in [2.45, 2.75) is 123 Å². The van der Waals surface area contributed by atoms with Crippen molar-refractivity contribution < 1.29 is 0 Å². The topological polar surface area (TPSA) is 17.8 Å². The van der Waals surface area contributed by atoms with Gasteiger partial charge >= 0.3 is 0 Å². The van der Waals surface area contributed by atoms with Gasteiger partial charge in [0.1, 0.15) is 0 Å². The summed E-state index contributed by atoms with van der Waals surface area (Å²) in [5, 5.41) is 0. The standard InChI is InChI=1S/C29H48N2/c1-4-5-6-7-8-9-10-11-12-13-14-15-16-17-20-27(26(2)3)28-21-18-19-22-29(28)31-24-23-30-25-31/h18-19,21-27H,4-17,20H2,1-3H3/t27-/m0/s1. The number of unbranched alkanes of at least 4 members (excludes halogenated alkanes) is 13. The normalized spacial score (nSPS) is 12.5.